The molecular formula is C11H18N2. The quantitative estimate of drug-likeness (QED) is 0.657. The Labute approximate surface area is 80.4 Å². The molecule has 2 nitrogen and oxygen atoms in total. The average molecular weight is 178 g/mol. The first kappa shape index (κ1) is 10.0. The van der Waals surface area contributed by atoms with Crippen molar-refractivity contribution in [3.63, 3.8) is 0 Å². The van der Waals surface area contributed by atoms with E-state index in [1.54, 1.807) is 0 Å². The molecule has 0 aromatic rings. The molecule has 72 valence electrons. The van der Waals surface area contributed by atoms with Crippen LogP contribution in [0.2, 0.25) is 0 Å². The standard InChI is InChI=1S/C11H18N2/c1-9(2)8-13-11-7-5-4-6-10(11)12-3/h5,7,9,13H,3-4,6,8H2,1-2H3. The molecule has 0 fully saturated rings. The minimum absolute atomic E-state index is 0.661. The lowest BCUT2D eigenvalue weighted by Gasteiger charge is -2.15. The molecule has 0 amide bonds. The van der Waals surface area contributed by atoms with Gasteiger partial charge in [-0.2, -0.15) is 0 Å². The van der Waals surface area contributed by atoms with Crippen LogP contribution in [0.5, 0.6) is 0 Å². The Kier molecular flexibility index (Phi) is 3.74. The minimum Gasteiger partial charge on any atom is -0.383 e. The minimum atomic E-state index is 0.661. The van der Waals surface area contributed by atoms with Gasteiger partial charge in [-0.25, -0.2) is 0 Å². The molecule has 2 heteroatoms. The van der Waals surface area contributed by atoms with Crippen LogP contribution in [0.15, 0.2) is 28.5 Å². The van der Waals surface area contributed by atoms with Crippen molar-refractivity contribution in [2.24, 2.45) is 10.9 Å². The molecule has 1 aliphatic carbocycles. The number of hydrogen-bond acceptors (Lipinski definition) is 2. The predicted octanol–water partition coefficient (Wildman–Crippen LogP) is 2.49. The number of aliphatic imine (C=N–C) groups is 1. The predicted molar refractivity (Wildman–Crippen MR) is 57.8 cm³/mol. The Balaban J connectivity index is 2.58. The van der Waals surface area contributed by atoms with Gasteiger partial charge in [0.05, 0.1) is 11.4 Å². The monoisotopic (exact) mass is 178 g/mol. The van der Waals surface area contributed by atoms with Gasteiger partial charge < -0.3 is 5.32 Å². The molecule has 0 bridgehead atoms. The zero-order chi connectivity index (χ0) is 9.68. The van der Waals surface area contributed by atoms with E-state index in [1.165, 1.54) is 0 Å². The first-order chi connectivity index (χ1) is 6.24. The van der Waals surface area contributed by atoms with E-state index in [4.69, 9.17) is 0 Å². The van der Waals surface area contributed by atoms with Crippen LogP contribution in [0.4, 0.5) is 0 Å². The van der Waals surface area contributed by atoms with Crippen molar-refractivity contribution in [3.8, 4) is 0 Å². The molecule has 1 N–H and O–H groups in total. The van der Waals surface area contributed by atoms with Crippen molar-refractivity contribution >= 4 is 6.72 Å². The van der Waals surface area contributed by atoms with E-state index in [0.717, 1.165) is 30.8 Å². The van der Waals surface area contributed by atoms with Gasteiger partial charge in [0.15, 0.2) is 0 Å². The van der Waals surface area contributed by atoms with Crippen LogP contribution in [-0.4, -0.2) is 13.3 Å². The summed E-state index contributed by atoms with van der Waals surface area (Å²) in [5, 5.41) is 3.38. The summed E-state index contributed by atoms with van der Waals surface area (Å²) in [4.78, 5) is 4.02. The van der Waals surface area contributed by atoms with E-state index in [2.05, 4.69) is 43.0 Å². The summed E-state index contributed by atoms with van der Waals surface area (Å²) >= 11 is 0. The molecule has 0 aromatic carbocycles. The summed E-state index contributed by atoms with van der Waals surface area (Å²) in [6.45, 7) is 8.97. The Morgan fingerprint density at radius 2 is 2.38 bits per heavy atom. The lowest BCUT2D eigenvalue weighted by molar-refractivity contribution is 0.596. The van der Waals surface area contributed by atoms with Gasteiger partial charge in [-0.1, -0.05) is 19.9 Å². The molecule has 0 heterocycles. The van der Waals surface area contributed by atoms with Crippen LogP contribution in [0, 0.1) is 5.92 Å². The molecule has 0 atom stereocenters. The third-order valence-electron chi connectivity index (χ3n) is 2.03. The van der Waals surface area contributed by atoms with Crippen LogP contribution in [0.1, 0.15) is 26.7 Å². The Bertz CT molecular complexity index is 236. The molecular weight excluding hydrogens is 160 g/mol. The molecule has 0 aliphatic heterocycles. The fraction of sp³-hybridized carbons (Fsp3) is 0.545. The van der Waals surface area contributed by atoms with Gasteiger partial charge in [-0.15, -0.1) is 0 Å². The number of nitrogens with one attached hydrogen (secondary N) is 1. The van der Waals surface area contributed by atoms with Crippen molar-refractivity contribution in [1.29, 1.82) is 0 Å². The van der Waals surface area contributed by atoms with E-state index >= 15 is 0 Å². The number of hydrogen-bond donors (Lipinski definition) is 1. The number of rotatable bonds is 4. The summed E-state index contributed by atoms with van der Waals surface area (Å²) in [7, 11) is 0. The SMILES string of the molecule is C=NC1=C(NCC(C)C)C=CCC1. The topological polar surface area (TPSA) is 24.4 Å². The second-order valence-electron chi connectivity index (χ2n) is 3.73. The van der Waals surface area contributed by atoms with Crippen molar-refractivity contribution in [2.75, 3.05) is 6.54 Å². The van der Waals surface area contributed by atoms with Gasteiger partial charge in [-0.3, -0.25) is 4.99 Å². The van der Waals surface area contributed by atoms with Gasteiger partial charge in [-0.05, 0) is 31.6 Å². The molecule has 1 aliphatic rings. The van der Waals surface area contributed by atoms with Crippen LogP contribution in [0.25, 0.3) is 0 Å². The van der Waals surface area contributed by atoms with E-state index in [9.17, 15) is 0 Å². The normalized spacial score (nSPS) is 16.5. The number of nitrogens with zero attached hydrogens (tertiary/aromatic N) is 1. The highest BCUT2D eigenvalue weighted by Gasteiger charge is 2.06. The third-order valence-corrected chi connectivity index (χ3v) is 2.03. The van der Waals surface area contributed by atoms with Crippen molar-refractivity contribution in [3.05, 3.63) is 23.5 Å². The van der Waals surface area contributed by atoms with Gasteiger partial charge >= 0.3 is 0 Å². The molecule has 0 aromatic heterocycles. The lowest BCUT2D eigenvalue weighted by atomic mass is 10.1. The van der Waals surface area contributed by atoms with Crippen molar-refractivity contribution in [1.82, 2.24) is 5.32 Å². The highest BCUT2D eigenvalue weighted by molar-refractivity contribution is 5.35. The summed E-state index contributed by atoms with van der Waals surface area (Å²) < 4.78 is 0. The molecule has 1 rings (SSSR count). The maximum atomic E-state index is 4.02. The van der Waals surface area contributed by atoms with E-state index < -0.39 is 0 Å². The van der Waals surface area contributed by atoms with Crippen molar-refractivity contribution in [2.45, 2.75) is 26.7 Å². The van der Waals surface area contributed by atoms with Crippen LogP contribution in [-0.2, 0) is 0 Å². The van der Waals surface area contributed by atoms with Crippen LogP contribution < -0.4 is 5.32 Å². The summed E-state index contributed by atoms with van der Waals surface area (Å²) in [6.07, 6.45) is 6.38. The van der Waals surface area contributed by atoms with Gasteiger partial charge in [0, 0.05) is 6.54 Å². The fourth-order valence-electron chi connectivity index (χ4n) is 1.29. The molecule has 0 spiro atoms. The molecule has 0 saturated carbocycles. The first-order valence-corrected chi connectivity index (χ1v) is 4.84. The summed E-state index contributed by atoms with van der Waals surface area (Å²) in [5.74, 6) is 0.661. The molecule has 0 unspecified atom stereocenters. The van der Waals surface area contributed by atoms with Gasteiger partial charge in [0.1, 0.15) is 0 Å². The van der Waals surface area contributed by atoms with Crippen LogP contribution >= 0.6 is 0 Å². The van der Waals surface area contributed by atoms with Gasteiger partial charge in [0.25, 0.3) is 0 Å². The fourth-order valence-corrected chi connectivity index (χ4v) is 1.29. The van der Waals surface area contributed by atoms with E-state index in [0.29, 0.717) is 5.92 Å². The Morgan fingerprint density at radius 1 is 1.62 bits per heavy atom. The largest absolute Gasteiger partial charge is 0.383 e. The highest BCUT2D eigenvalue weighted by Crippen LogP contribution is 2.17. The first-order valence-electron chi connectivity index (χ1n) is 4.84. The lowest BCUT2D eigenvalue weighted by Crippen LogP contribution is -2.20. The van der Waals surface area contributed by atoms with Crippen LogP contribution in [0.3, 0.4) is 0 Å². The Hall–Kier alpha value is -1.05. The maximum absolute atomic E-state index is 4.02. The maximum Gasteiger partial charge on any atom is 0.0630 e. The second kappa shape index (κ2) is 4.85. The zero-order valence-electron chi connectivity index (χ0n) is 8.51. The van der Waals surface area contributed by atoms with Crippen molar-refractivity contribution < 1.29 is 0 Å². The average Bonchev–Trinajstić information content (AvgIpc) is 2.15. The second-order valence-corrected chi connectivity index (χ2v) is 3.73. The summed E-state index contributed by atoms with van der Waals surface area (Å²) in [5.41, 5.74) is 2.25. The Morgan fingerprint density at radius 3 is 3.00 bits per heavy atom. The molecule has 13 heavy (non-hydrogen) atoms. The highest BCUT2D eigenvalue weighted by atomic mass is 14.9. The summed E-state index contributed by atoms with van der Waals surface area (Å²) in [6, 6.07) is 0. The molecule has 0 saturated heterocycles. The number of allylic oxidation sites excluding steroid dienone is 3. The van der Waals surface area contributed by atoms with E-state index in [1.807, 2.05) is 0 Å². The van der Waals surface area contributed by atoms with Gasteiger partial charge in [0.2, 0.25) is 0 Å². The third kappa shape index (κ3) is 3.05. The smallest absolute Gasteiger partial charge is 0.0630 e. The zero-order valence-corrected chi connectivity index (χ0v) is 8.51. The molecule has 0 radical (unpaired) electrons. The van der Waals surface area contributed by atoms with E-state index in [-0.39, 0.29) is 0 Å².